The highest BCUT2D eigenvalue weighted by molar-refractivity contribution is 5.89. The molecule has 0 fully saturated rings. The second kappa shape index (κ2) is 6.69. The number of hydrogen-bond donors (Lipinski definition) is 1. The van der Waals surface area contributed by atoms with Gasteiger partial charge in [-0.05, 0) is 18.1 Å². The van der Waals surface area contributed by atoms with Crippen molar-refractivity contribution in [2.75, 3.05) is 19.0 Å². The molecule has 1 atom stereocenters. The first-order valence-corrected chi connectivity index (χ1v) is 7.73. The molecule has 2 heterocycles. The van der Waals surface area contributed by atoms with Gasteiger partial charge in [0, 0.05) is 19.6 Å². The Labute approximate surface area is 139 Å². The van der Waals surface area contributed by atoms with E-state index in [9.17, 15) is 9.59 Å². The van der Waals surface area contributed by atoms with Crippen LogP contribution < -0.4 is 5.32 Å². The number of anilines is 1. The number of amides is 2. The summed E-state index contributed by atoms with van der Waals surface area (Å²) in [5.41, 5.74) is 1.84. The molecular formula is C16H19N5O3. The number of ether oxygens (including phenoxy) is 1. The molecule has 1 aromatic carbocycles. The van der Waals surface area contributed by atoms with Crippen LogP contribution in [0.15, 0.2) is 30.6 Å². The molecule has 1 aliphatic rings. The second-order valence-electron chi connectivity index (χ2n) is 5.51. The van der Waals surface area contributed by atoms with Gasteiger partial charge in [-0.3, -0.25) is 14.8 Å². The van der Waals surface area contributed by atoms with Crippen LogP contribution in [0.1, 0.15) is 24.0 Å². The number of carbonyl (C=O) groups excluding carboxylic acids is 2. The molecule has 8 heteroatoms. The minimum Gasteiger partial charge on any atom is -0.468 e. The Balaban J connectivity index is 1.79. The van der Waals surface area contributed by atoms with Gasteiger partial charge in [-0.2, -0.15) is 0 Å². The lowest BCUT2D eigenvalue weighted by molar-refractivity contribution is -0.143. The fraction of sp³-hybridized carbons (Fsp3) is 0.375. The maximum atomic E-state index is 12.5. The van der Waals surface area contributed by atoms with Gasteiger partial charge in [-0.25, -0.2) is 9.78 Å². The third-order valence-electron chi connectivity index (χ3n) is 4.05. The highest BCUT2D eigenvalue weighted by Crippen LogP contribution is 2.29. The summed E-state index contributed by atoms with van der Waals surface area (Å²) in [6, 6.07) is 7.24. The number of aromatic nitrogens is 3. The molecule has 3 rings (SSSR count). The van der Waals surface area contributed by atoms with Crippen molar-refractivity contribution in [3.63, 3.8) is 0 Å². The summed E-state index contributed by atoms with van der Waals surface area (Å²) in [4.78, 5) is 30.2. The molecule has 24 heavy (non-hydrogen) atoms. The van der Waals surface area contributed by atoms with E-state index < -0.39 is 5.92 Å². The topological polar surface area (TPSA) is 89.4 Å². The van der Waals surface area contributed by atoms with Gasteiger partial charge in [0.15, 0.2) is 0 Å². The number of nitrogens with one attached hydrogen (secondary N) is 1. The first-order valence-electron chi connectivity index (χ1n) is 7.73. The molecule has 2 aromatic rings. The van der Waals surface area contributed by atoms with E-state index in [-0.39, 0.29) is 24.5 Å². The summed E-state index contributed by atoms with van der Waals surface area (Å²) in [6.07, 6.45) is 1.55. The van der Waals surface area contributed by atoms with Crippen molar-refractivity contribution in [1.82, 2.24) is 19.7 Å². The number of methoxy groups -OCH3 is 1. The summed E-state index contributed by atoms with van der Waals surface area (Å²) in [6.45, 7) is 3.28. The highest BCUT2D eigenvalue weighted by atomic mass is 16.5. The summed E-state index contributed by atoms with van der Waals surface area (Å²) < 4.78 is 6.51. The third kappa shape index (κ3) is 3.08. The number of rotatable bonds is 3. The number of benzene rings is 1. The van der Waals surface area contributed by atoms with Crippen LogP contribution in [0.25, 0.3) is 0 Å². The Bertz CT molecular complexity index is 758. The predicted molar refractivity (Wildman–Crippen MR) is 86.3 cm³/mol. The number of fused-ring (bicyclic) bond motifs is 1. The van der Waals surface area contributed by atoms with Crippen LogP contribution in [0.5, 0.6) is 0 Å². The molecular weight excluding hydrogens is 310 g/mol. The fourth-order valence-electron chi connectivity index (χ4n) is 2.78. The first kappa shape index (κ1) is 16.0. The molecule has 0 saturated carbocycles. The third-order valence-corrected chi connectivity index (χ3v) is 4.05. The van der Waals surface area contributed by atoms with Crippen molar-refractivity contribution >= 4 is 17.9 Å². The Morgan fingerprint density at radius 3 is 2.88 bits per heavy atom. The molecule has 1 N–H and O–H groups in total. The molecule has 0 radical (unpaired) electrons. The van der Waals surface area contributed by atoms with Gasteiger partial charge in [0.25, 0.3) is 0 Å². The predicted octanol–water partition coefficient (Wildman–Crippen LogP) is 1.60. The van der Waals surface area contributed by atoms with Crippen molar-refractivity contribution in [3.05, 3.63) is 41.7 Å². The van der Waals surface area contributed by atoms with E-state index in [0.717, 1.165) is 11.1 Å². The van der Waals surface area contributed by atoms with Crippen LogP contribution in [0.3, 0.4) is 0 Å². The van der Waals surface area contributed by atoms with Gasteiger partial charge in [-0.1, -0.05) is 24.3 Å². The van der Waals surface area contributed by atoms with Gasteiger partial charge < -0.3 is 9.64 Å². The number of urea groups is 1. The number of nitrogens with zero attached hydrogens (tertiary/aromatic N) is 4. The van der Waals surface area contributed by atoms with E-state index in [1.165, 1.54) is 7.11 Å². The van der Waals surface area contributed by atoms with E-state index in [4.69, 9.17) is 4.74 Å². The zero-order valence-corrected chi connectivity index (χ0v) is 13.6. The number of aryl methyl sites for hydroxylation is 1. The average molecular weight is 329 g/mol. The molecule has 1 unspecified atom stereocenters. The molecule has 0 aliphatic carbocycles. The average Bonchev–Trinajstić information content (AvgIpc) is 3.07. The molecule has 8 nitrogen and oxygen atoms in total. The fourth-order valence-corrected chi connectivity index (χ4v) is 2.78. The van der Waals surface area contributed by atoms with Crippen LogP contribution in [-0.2, 0) is 22.6 Å². The van der Waals surface area contributed by atoms with E-state index >= 15 is 0 Å². The summed E-state index contributed by atoms with van der Waals surface area (Å²) in [5, 5.41) is 6.80. The minimum atomic E-state index is -0.494. The van der Waals surface area contributed by atoms with Crippen LogP contribution in [0.2, 0.25) is 0 Å². The van der Waals surface area contributed by atoms with Gasteiger partial charge >= 0.3 is 12.0 Å². The standard InChI is InChI=1S/C16H19N5O3/c1-3-21-10-17-15(19-21)18-16(23)20-8-11-6-4-5-7-12(11)13(9-20)14(22)24-2/h4-7,10,13H,3,8-9H2,1-2H3,(H,18,19,23). The van der Waals surface area contributed by atoms with Crippen molar-refractivity contribution in [1.29, 1.82) is 0 Å². The molecule has 0 bridgehead atoms. The van der Waals surface area contributed by atoms with Crippen molar-refractivity contribution in [2.24, 2.45) is 0 Å². The zero-order valence-electron chi connectivity index (χ0n) is 13.6. The lowest BCUT2D eigenvalue weighted by Gasteiger charge is -2.33. The summed E-state index contributed by atoms with van der Waals surface area (Å²) >= 11 is 0. The van der Waals surface area contributed by atoms with Crippen LogP contribution >= 0.6 is 0 Å². The SMILES string of the molecule is CCn1cnc(NC(=O)N2Cc3ccccc3C(C(=O)OC)C2)n1. The summed E-state index contributed by atoms with van der Waals surface area (Å²) in [7, 11) is 1.35. The second-order valence-corrected chi connectivity index (χ2v) is 5.51. The Morgan fingerprint density at radius 2 is 2.17 bits per heavy atom. The van der Waals surface area contributed by atoms with Gasteiger partial charge in [0.2, 0.25) is 5.95 Å². The largest absolute Gasteiger partial charge is 0.468 e. The lowest BCUT2D eigenvalue weighted by Crippen LogP contribution is -2.43. The van der Waals surface area contributed by atoms with E-state index in [2.05, 4.69) is 15.4 Å². The smallest absolute Gasteiger partial charge is 0.324 e. The van der Waals surface area contributed by atoms with Gasteiger partial charge in [0.05, 0.1) is 13.0 Å². The van der Waals surface area contributed by atoms with Crippen LogP contribution in [-0.4, -0.2) is 45.3 Å². The Morgan fingerprint density at radius 1 is 1.38 bits per heavy atom. The molecule has 0 spiro atoms. The maximum Gasteiger partial charge on any atom is 0.324 e. The van der Waals surface area contributed by atoms with Crippen LogP contribution in [0, 0.1) is 0 Å². The minimum absolute atomic E-state index is 0.246. The number of esters is 1. The molecule has 126 valence electrons. The molecule has 1 aromatic heterocycles. The number of hydrogen-bond acceptors (Lipinski definition) is 5. The van der Waals surface area contributed by atoms with Crippen molar-refractivity contribution in [2.45, 2.75) is 25.9 Å². The maximum absolute atomic E-state index is 12.5. The van der Waals surface area contributed by atoms with E-state index in [1.807, 2.05) is 31.2 Å². The quantitative estimate of drug-likeness (QED) is 0.864. The monoisotopic (exact) mass is 329 g/mol. The zero-order chi connectivity index (χ0) is 17.1. The molecule has 2 amide bonds. The Kier molecular flexibility index (Phi) is 4.45. The highest BCUT2D eigenvalue weighted by Gasteiger charge is 2.33. The van der Waals surface area contributed by atoms with Gasteiger partial charge in [-0.15, -0.1) is 5.10 Å². The summed E-state index contributed by atoms with van der Waals surface area (Å²) in [5.74, 6) is -0.601. The van der Waals surface area contributed by atoms with Gasteiger partial charge in [0.1, 0.15) is 6.33 Å². The van der Waals surface area contributed by atoms with E-state index in [0.29, 0.717) is 13.1 Å². The van der Waals surface area contributed by atoms with E-state index in [1.54, 1.807) is 15.9 Å². The Hall–Kier alpha value is -2.90. The number of carbonyl (C=O) groups is 2. The molecule has 1 aliphatic heterocycles. The van der Waals surface area contributed by atoms with Crippen molar-refractivity contribution < 1.29 is 14.3 Å². The normalized spacial score (nSPS) is 16.4. The van der Waals surface area contributed by atoms with Crippen molar-refractivity contribution in [3.8, 4) is 0 Å². The molecule has 0 saturated heterocycles. The lowest BCUT2D eigenvalue weighted by atomic mass is 9.90. The first-order chi connectivity index (χ1) is 11.6. The van der Waals surface area contributed by atoms with Crippen LogP contribution in [0.4, 0.5) is 10.7 Å².